The molecule has 2 aromatic carbocycles. The summed E-state index contributed by atoms with van der Waals surface area (Å²) in [5.41, 5.74) is 3.09. The lowest BCUT2D eigenvalue weighted by Gasteiger charge is -2.19. The van der Waals surface area contributed by atoms with Crippen LogP contribution >= 0.6 is 0 Å². The van der Waals surface area contributed by atoms with Crippen LogP contribution in [-0.4, -0.2) is 48.5 Å². The molecule has 1 N–H and O–H groups in total. The maximum Gasteiger partial charge on any atom is 0.410 e. The summed E-state index contributed by atoms with van der Waals surface area (Å²) in [6.07, 6.45) is 0.000102. The van der Waals surface area contributed by atoms with E-state index >= 15 is 0 Å². The smallest absolute Gasteiger partial charge is 0.410 e. The number of anilines is 1. The van der Waals surface area contributed by atoms with Gasteiger partial charge in [0.2, 0.25) is 0 Å². The number of nitrogens with one attached hydrogen (secondary N) is 1. The molecule has 0 radical (unpaired) electrons. The third-order valence-electron chi connectivity index (χ3n) is 5.46. The molecule has 2 amide bonds. The zero-order valence-electron chi connectivity index (χ0n) is 17.0. The highest BCUT2D eigenvalue weighted by Crippen LogP contribution is 2.39. The van der Waals surface area contributed by atoms with Gasteiger partial charge in [0.15, 0.2) is 0 Å². The minimum absolute atomic E-state index is 0.0697. The van der Waals surface area contributed by atoms with Gasteiger partial charge in [0.25, 0.3) is 11.6 Å². The predicted molar refractivity (Wildman–Crippen MR) is 114 cm³/mol. The number of benzene rings is 2. The van der Waals surface area contributed by atoms with Crippen molar-refractivity contribution in [2.45, 2.75) is 13.0 Å². The Hall–Kier alpha value is -3.88. The Morgan fingerprint density at radius 1 is 1.19 bits per heavy atom. The monoisotopic (exact) mass is 422 g/mol. The van der Waals surface area contributed by atoms with Crippen molar-refractivity contribution in [3.05, 3.63) is 75.5 Å². The van der Waals surface area contributed by atoms with Gasteiger partial charge in [-0.15, -0.1) is 0 Å². The molecule has 9 nitrogen and oxygen atoms in total. The Morgan fingerprint density at radius 2 is 1.97 bits per heavy atom. The topological polar surface area (TPSA) is 105 Å². The summed E-state index contributed by atoms with van der Waals surface area (Å²) in [6.45, 7) is 1.44. The fourth-order valence-electron chi connectivity index (χ4n) is 3.81. The molecular weight excluding hydrogens is 400 g/mol. The van der Waals surface area contributed by atoms with E-state index in [1.807, 2.05) is 30.3 Å². The first-order valence-corrected chi connectivity index (χ1v) is 9.95. The van der Waals surface area contributed by atoms with Crippen molar-refractivity contribution in [3.63, 3.8) is 0 Å². The summed E-state index contributed by atoms with van der Waals surface area (Å²) in [4.78, 5) is 39.2. The predicted octanol–water partition coefficient (Wildman–Crippen LogP) is 2.91. The van der Waals surface area contributed by atoms with Crippen molar-refractivity contribution in [2.75, 3.05) is 31.6 Å². The number of rotatable bonds is 3. The van der Waals surface area contributed by atoms with Crippen molar-refractivity contribution in [1.29, 1.82) is 0 Å². The van der Waals surface area contributed by atoms with Crippen LogP contribution in [-0.2, 0) is 16.1 Å². The molecular formula is C22H22N4O5. The molecule has 0 bridgehead atoms. The number of hydrogen-bond acceptors (Lipinski definition) is 6. The summed E-state index contributed by atoms with van der Waals surface area (Å²) in [5.74, 6) is -0.224. The Labute approximate surface area is 179 Å². The first kappa shape index (κ1) is 20.4. The van der Waals surface area contributed by atoms with Gasteiger partial charge >= 0.3 is 6.09 Å². The second-order valence-electron chi connectivity index (χ2n) is 7.38. The highest BCUT2D eigenvalue weighted by atomic mass is 16.6. The van der Waals surface area contributed by atoms with Crippen molar-refractivity contribution in [1.82, 2.24) is 10.2 Å². The molecule has 2 aliphatic heterocycles. The molecule has 4 rings (SSSR count). The number of carbonyl (C=O) groups excluding carboxylic acids is 2. The van der Waals surface area contributed by atoms with Crippen molar-refractivity contribution in [3.8, 4) is 0 Å². The summed E-state index contributed by atoms with van der Waals surface area (Å²) < 4.78 is 5.41. The maximum atomic E-state index is 12.9. The van der Waals surface area contributed by atoms with E-state index in [0.717, 1.165) is 5.56 Å². The molecule has 0 atom stereocenters. The fourth-order valence-corrected chi connectivity index (χ4v) is 3.81. The van der Waals surface area contributed by atoms with Crippen molar-refractivity contribution < 1.29 is 19.2 Å². The molecule has 1 fully saturated rings. The van der Waals surface area contributed by atoms with E-state index in [0.29, 0.717) is 48.6 Å². The quantitative estimate of drug-likeness (QED) is 0.463. The van der Waals surface area contributed by atoms with E-state index in [2.05, 4.69) is 5.32 Å². The average Bonchev–Trinajstić information content (AvgIpc) is 2.93. The first-order valence-electron chi connectivity index (χ1n) is 9.95. The number of fused-ring (bicyclic) bond motifs is 1. The van der Waals surface area contributed by atoms with Crippen LogP contribution in [0.3, 0.4) is 0 Å². The lowest BCUT2D eigenvalue weighted by molar-refractivity contribution is -0.384. The number of likely N-dealkylation sites (N-methyl/N-ethyl adjacent to an activating group) is 1. The van der Waals surface area contributed by atoms with Crippen LogP contribution < -0.4 is 10.2 Å². The van der Waals surface area contributed by atoms with Crippen LogP contribution in [0.5, 0.6) is 0 Å². The Morgan fingerprint density at radius 3 is 2.71 bits per heavy atom. The van der Waals surface area contributed by atoms with E-state index in [9.17, 15) is 19.7 Å². The van der Waals surface area contributed by atoms with E-state index in [-0.39, 0.29) is 18.2 Å². The number of hydrogen-bond donors (Lipinski definition) is 1. The molecule has 0 unspecified atom stereocenters. The molecule has 0 saturated carbocycles. The molecule has 2 aromatic rings. The van der Waals surface area contributed by atoms with Gasteiger partial charge in [0.1, 0.15) is 6.61 Å². The second kappa shape index (κ2) is 8.47. The van der Waals surface area contributed by atoms with Crippen LogP contribution in [0.4, 0.5) is 16.2 Å². The van der Waals surface area contributed by atoms with Gasteiger partial charge in [-0.25, -0.2) is 4.79 Å². The molecule has 31 heavy (non-hydrogen) atoms. The lowest BCUT2D eigenvalue weighted by Crippen LogP contribution is -2.34. The van der Waals surface area contributed by atoms with Crippen molar-refractivity contribution in [2.24, 2.45) is 0 Å². The minimum atomic E-state index is -0.476. The molecule has 2 aliphatic rings. The molecule has 1 saturated heterocycles. The number of ether oxygens (including phenoxy) is 1. The van der Waals surface area contributed by atoms with Gasteiger partial charge in [-0.05, 0) is 11.6 Å². The molecule has 0 spiro atoms. The molecule has 9 heteroatoms. The van der Waals surface area contributed by atoms with Crippen LogP contribution in [0.25, 0.3) is 5.57 Å². The van der Waals surface area contributed by atoms with Gasteiger partial charge in [-0.1, -0.05) is 30.3 Å². The summed E-state index contributed by atoms with van der Waals surface area (Å²) >= 11 is 0. The van der Waals surface area contributed by atoms with Gasteiger partial charge < -0.3 is 19.9 Å². The van der Waals surface area contributed by atoms with E-state index in [4.69, 9.17) is 4.74 Å². The third kappa shape index (κ3) is 4.07. The molecule has 0 aliphatic carbocycles. The highest BCUT2D eigenvalue weighted by Gasteiger charge is 2.34. The first-order chi connectivity index (χ1) is 15.0. The Kier molecular flexibility index (Phi) is 5.57. The zero-order chi connectivity index (χ0) is 22.0. The average molecular weight is 422 g/mol. The lowest BCUT2D eigenvalue weighted by atomic mass is 10.0. The van der Waals surface area contributed by atoms with Gasteiger partial charge in [-0.3, -0.25) is 14.9 Å². The zero-order valence-corrected chi connectivity index (χ0v) is 17.0. The van der Waals surface area contributed by atoms with Crippen LogP contribution in [0.2, 0.25) is 0 Å². The largest absolute Gasteiger partial charge is 0.445 e. The Bertz CT molecular complexity index is 1070. The Balaban J connectivity index is 1.52. The minimum Gasteiger partial charge on any atom is -0.445 e. The highest BCUT2D eigenvalue weighted by molar-refractivity contribution is 6.33. The van der Waals surface area contributed by atoms with E-state index < -0.39 is 11.0 Å². The number of nitrogens with zero attached hydrogens (tertiary/aromatic N) is 3. The number of non-ortho nitro benzene ring substituents is 1. The van der Waals surface area contributed by atoms with Gasteiger partial charge in [0, 0.05) is 56.5 Å². The fraction of sp³-hybridized carbons (Fsp3) is 0.273. The van der Waals surface area contributed by atoms with Crippen molar-refractivity contribution >= 4 is 28.9 Å². The number of nitro benzene ring substituents is 1. The third-order valence-corrected chi connectivity index (χ3v) is 5.46. The van der Waals surface area contributed by atoms with Crippen LogP contribution in [0.15, 0.2) is 54.2 Å². The van der Waals surface area contributed by atoms with E-state index in [1.54, 1.807) is 18.0 Å². The number of nitro groups is 1. The standard InChI is InChI=1S/C22H22N4O5/c1-24-19-8-7-16(26(29)30)13-17(19)20(21(24)27)18-9-11-25(12-10-23-18)22(28)31-14-15-5-3-2-4-6-15/h2-8,13,23H,9-12,14H2,1H3/b20-18-. The van der Waals surface area contributed by atoms with Crippen LogP contribution in [0.1, 0.15) is 17.5 Å². The SMILES string of the molecule is CN1C(=O)/C(=C2/CCN(C(=O)OCc3ccccc3)CCN2)c2cc([N+](=O)[O-])ccc21. The summed E-state index contributed by atoms with van der Waals surface area (Å²) in [5, 5.41) is 14.4. The number of amides is 2. The van der Waals surface area contributed by atoms with Gasteiger partial charge in [-0.2, -0.15) is 0 Å². The second-order valence-corrected chi connectivity index (χ2v) is 7.38. The normalized spacial score (nSPS) is 18.3. The molecule has 160 valence electrons. The molecule has 2 heterocycles. The maximum absolute atomic E-state index is 12.9. The summed E-state index contributed by atoms with van der Waals surface area (Å²) in [7, 11) is 1.64. The van der Waals surface area contributed by atoms with Crippen LogP contribution in [0, 0.1) is 10.1 Å². The number of carbonyl (C=O) groups is 2. The summed E-state index contributed by atoms with van der Waals surface area (Å²) in [6, 6.07) is 13.8. The molecule has 0 aromatic heterocycles. The van der Waals surface area contributed by atoms with Gasteiger partial charge in [0.05, 0.1) is 16.2 Å². The van der Waals surface area contributed by atoms with E-state index in [1.165, 1.54) is 17.0 Å².